The van der Waals surface area contributed by atoms with Crippen LogP contribution in [0.25, 0.3) is 32.9 Å². The molecule has 0 radical (unpaired) electrons. The summed E-state index contributed by atoms with van der Waals surface area (Å²) in [4.78, 5) is 17.7. The van der Waals surface area contributed by atoms with Crippen LogP contribution in [0.4, 0.5) is 32.2 Å². The Morgan fingerprint density at radius 2 is 1.96 bits per heavy atom. The first-order valence-corrected chi connectivity index (χ1v) is 16.2. The van der Waals surface area contributed by atoms with Gasteiger partial charge in [-0.05, 0) is 49.4 Å². The number of rotatable bonds is 6. The fourth-order valence-electron chi connectivity index (χ4n) is 7.82. The van der Waals surface area contributed by atoms with Gasteiger partial charge in [0.2, 0.25) is 5.88 Å². The summed E-state index contributed by atoms with van der Waals surface area (Å²) in [6, 6.07) is 3.62. The minimum Gasteiger partial charge on any atom is -0.508 e. The van der Waals surface area contributed by atoms with Gasteiger partial charge in [0.05, 0.1) is 11.6 Å². The fraction of sp³-hybridized carbons (Fsp3) is 0.485. The van der Waals surface area contributed by atoms with E-state index in [1.165, 1.54) is 0 Å². The molecule has 0 saturated carbocycles. The summed E-state index contributed by atoms with van der Waals surface area (Å²) >= 11 is 0. The van der Waals surface area contributed by atoms with Crippen LogP contribution >= 0.6 is 0 Å². The Hall–Kier alpha value is -4.31. The van der Waals surface area contributed by atoms with Crippen molar-refractivity contribution >= 4 is 27.5 Å². The van der Waals surface area contributed by atoms with Gasteiger partial charge in [-0.25, -0.2) is 18.2 Å². The van der Waals surface area contributed by atoms with E-state index in [1.54, 1.807) is 0 Å². The third-order valence-electron chi connectivity index (χ3n) is 10.1. The van der Waals surface area contributed by atoms with Gasteiger partial charge < -0.3 is 29.5 Å². The van der Waals surface area contributed by atoms with Gasteiger partial charge in [-0.3, -0.25) is 4.90 Å². The monoisotopic (exact) mass is 690 g/mol. The Balaban J connectivity index is 1.33. The van der Waals surface area contributed by atoms with E-state index >= 15 is 4.39 Å². The lowest BCUT2D eigenvalue weighted by atomic mass is 9.95. The minimum atomic E-state index is -5.29. The van der Waals surface area contributed by atoms with Crippen molar-refractivity contribution in [1.82, 2.24) is 25.2 Å². The number of aromatic nitrogens is 3. The molecular formula is C33H32F6N6O4. The number of nitrogens with zero attached hydrogens (tertiary/aromatic N) is 5. The second kappa shape index (κ2) is 11.6. The number of benzene rings is 2. The number of pyridine rings is 1. The predicted octanol–water partition coefficient (Wildman–Crippen LogP) is 5.63. The van der Waals surface area contributed by atoms with Gasteiger partial charge in [-0.2, -0.15) is 9.97 Å². The number of phenolic OH excluding ortho intramolecular Hbond substituents is 1. The van der Waals surface area contributed by atoms with Gasteiger partial charge in [0, 0.05) is 43.0 Å². The first kappa shape index (κ1) is 31.9. The highest BCUT2D eigenvalue weighted by Gasteiger charge is 2.49. The molecule has 49 heavy (non-hydrogen) atoms. The number of hydrogen-bond donors (Lipinski definition) is 2. The van der Waals surface area contributed by atoms with Crippen LogP contribution in [0.1, 0.15) is 32.6 Å². The molecule has 4 aliphatic rings. The summed E-state index contributed by atoms with van der Waals surface area (Å²) in [5.41, 5.74) is -1.79. The maximum Gasteiger partial charge on any atom is 0.573 e. The molecule has 4 aromatic rings. The minimum absolute atomic E-state index is 0.0620. The number of fused-ring (bicyclic) bond motifs is 4. The lowest BCUT2D eigenvalue weighted by Crippen LogP contribution is -2.58. The fourth-order valence-corrected chi connectivity index (χ4v) is 7.82. The van der Waals surface area contributed by atoms with E-state index in [9.17, 15) is 27.1 Å². The molecule has 260 valence electrons. The maximum atomic E-state index is 17.0. The quantitative estimate of drug-likeness (QED) is 0.248. The van der Waals surface area contributed by atoms with E-state index in [0.717, 1.165) is 50.1 Å². The average Bonchev–Trinajstić information content (AvgIpc) is 3.54. The van der Waals surface area contributed by atoms with Crippen LogP contribution in [0.5, 0.6) is 23.4 Å². The standard InChI is InChI=1S/C33H32F6N6O4/c1-2-18-13-45-19(11-40-18)14-47-30-24-27(42-31(43-29(24)45)48-15-32-6-3-7-44(32)12-17(34)10-32)25(36)26(41-30)21-9-20(46)8-16-4-5-22(35)28(23(16)21)49-33(37,38)39/h4-5,8-9,17-19,40,46H,2-3,6-7,10-15H2,1H3/t17-,18-,19+,32+/m1/s1. The van der Waals surface area contributed by atoms with E-state index in [0.29, 0.717) is 25.5 Å². The van der Waals surface area contributed by atoms with Crippen LogP contribution in [0.3, 0.4) is 0 Å². The van der Waals surface area contributed by atoms with Gasteiger partial charge in [0.1, 0.15) is 47.5 Å². The molecule has 10 nitrogen and oxygen atoms in total. The first-order chi connectivity index (χ1) is 23.4. The zero-order valence-electron chi connectivity index (χ0n) is 26.3. The zero-order chi connectivity index (χ0) is 34.2. The number of aromatic hydroxyl groups is 1. The van der Waals surface area contributed by atoms with E-state index in [2.05, 4.69) is 24.9 Å². The van der Waals surface area contributed by atoms with E-state index in [-0.39, 0.29) is 65.5 Å². The van der Waals surface area contributed by atoms with Crippen LogP contribution < -0.4 is 24.4 Å². The molecule has 4 atom stereocenters. The van der Waals surface area contributed by atoms with Crippen molar-refractivity contribution in [3.05, 3.63) is 35.9 Å². The summed E-state index contributed by atoms with van der Waals surface area (Å²) < 4.78 is 103. The molecule has 3 saturated heterocycles. The summed E-state index contributed by atoms with van der Waals surface area (Å²) in [6.45, 7) is 4.23. The normalized spacial score (nSPS) is 25.3. The molecule has 4 aliphatic heterocycles. The van der Waals surface area contributed by atoms with Crippen molar-refractivity contribution in [3.63, 3.8) is 0 Å². The van der Waals surface area contributed by atoms with E-state index in [4.69, 9.17) is 14.5 Å². The Kier molecular flexibility index (Phi) is 7.59. The van der Waals surface area contributed by atoms with Crippen LogP contribution in [0.15, 0.2) is 24.3 Å². The van der Waals surface area contributed by atoms with Gasteiger partial charge in [-0.1, -0.05) is 13.0 Å². The lowest BCUT2D eigenvalue weighted by molar-refractivity contribution is -0.275. The molecule has 0 bridgehead atoms. The molecule has 3 fully saturated rings. The van der Waals surface area contributed by atoms with Crippen LogP contribution in [-0.2, 0) is 0 Å². The molecule has 2 aromatic heterocycles. The largest absolute Gasteiger partial charge is 0.573 e. The van der Waals surface area contributed by atoms with Gasteiger partial charge >= 0.3 is 12.4 Å². The number of nitrogens with one attached hydrogen (secondary N) is 1. The highest BCUT2D eigenvalue weighted by molar-refractivity contribution is 6.04. The van der Waals surface area contributed by atoms with Crippen LogP contribution in [0, 0.1) is 11.6 Å². The maximum absolute atomic E-state index is 17.0. The van der Waals surface area contributed by atoms with Crippen LogP contribution in [-0.4, -0.2) is 94.5 Å². The van der Waals surface area contributed by atoms with Crippen molar-refractivity contribution in [1.29, 1.82) is 0 Å². The number of ether oxygens (including phenoxy) is 3. The number of phenols is 1. The van der Waals surface area contributed by atoms with Crippen molar-refractivity contribution < 1.29 is 45.7 Å². The molecule has 0 spiro atoms. The highest BCUT2D eigenvalue weighted by atomic mass is 19.4. The second-order valence-electron chi connectivity index (χ2n) is 13.1. The summed E-state index contributed by atoms with van der Waals surface area (Å²) in [5.74, 6) is -3.89. The number of halogens is 6. The van der Waals surface area contributed by atoms with Crippen molar-refractivity contribution in [3.8, 4) is 34.6 Å². The van der Waals surface area contributed by atoms with Crippen molar-refractivity contribution in [2.45, 2.75) is 62.8 Å². The topological polar surface area (TPSA) is 105 Å². The van der Waals surface area contributed by atoms with Crippen molar-refractivity contribution in [2.75, 3.05) is 44.3 Å². The Morgan fingerprint density at radius 3 is 2.76 bits per heavy atom. The van der Waals surface area contributed by atoms with Gasteiger partial charge in [0.25, 0.3) is 0 Å². The summed E-state index contributed by atoms with van der Waals surface area (Å²) in [5, 5.41) is 13.6. The molecular weight excluding hydrogens is 658 g/mol. The molecule has 2 N–H and O–H groups in total. The molecule has 0 amide bonds. The molecule has 16 heteroatoms. The Labute approximate surface area is 276 Å². The Morgan fingerprint density at radius 1 is 1.12 bits per heavy atom. The number of piperazine rings is 1. The lowest BCUT2D eigenvalue weighted by Gasteiger charge is -2.39. The third-order valence-corrected chi connectivity index (χ3v) is 10.1. The van der Waals surface area contributed by atoms with E-state index < -0.39 is 52.3 Å². The zero-order valence-corrected chi connectivity index (χ0v) is 26.3. The number of alkyl halides is 4. The summed E-state index contributed by atoms with van der Waals surface area (Å²) in [6.07, 6.45) is -3.61. The smallest absolute Gasteiger partial charge is 0.508 e. The Bertz CT molecular complexity index is 1970. The van der Waals surface area contributed by atoms with Crippen LogP contribution in [0.2, 0.25) is 0 Å². The molecule has 2 aromatic carbocycles. The number of hydrogen-bond acceptors (Lipinski definition) is 10. The molecule has 0 unspecified atom stereocenters. The predicted molar refractivity (Wildman–Crippen MR) is 166 cm³/mol. The second-order valence-corrected chi connectivity index (χ2v) is 13.1. The van der Waals surface area contributed by atoms with E-state index in [1.807, 2.05) is 11.8 Å². The molecule has 8 rings (SSSR count). The third kappa shape index (κ3) is 5.48. The average molecular weight is 691 g/mol. The summed E-state index contributed by atoms with van der Waals surface area (Å²) in [7, 11) is 0. The van der Waals surface area contributed by atoms with Gasteiger partial charge in [-0.15, -0.1) is 13.2 Å². The van der Waals surface area contributed by atoms with Gasteiger partial charge in [0.15, 0.2) is 17.4 Å². The SMILES string of the molecule is CC[C@@H]1CN2c3nc(OC[C@@]45CCCN4C[C@H](F)C5)nc4c(F)c(-c5cc(O)cc6ccc(F)c(OC(F)(F)F)c56)nc(c34)OC[C@@H]2CN1. The molecule has 6 heterocycles. The first-order valence-electron chi connectivity index (χ1n) is 16.2. The molecule has 0 aliphatic carbocycles. The van der Waals surface area contributed by atoms with Crippen molar-refractivity contribution in [2.24, 2.45) is 0 Å². The highest BCUT2D eigenvalue weighted by Crippen LogP contribution is 2.46. The number of anilines is 1.